The van der Waals surface area contributed by atoms with Crippen molar-refractivity contribution in [3.05, 3.63) is 35.9 Å². The maximum Gasteiger partial charge on any atom is 0.108 e. The molecular formula is C14H23N2+. The third kappa shape index (κ3) is 3.78. The van der Waals surface area contributed by atoms with E-state index in [9.17, 15) is 0 Å². The Hall–Kier alpha value is -1.15. The first-order chi connectivity index (χ1) is 7.20. The molecule has 16 heavy (non-hydrogen) atoms. The van der Waals surface area contributed by atoms with Crippen molar-refractivity contribution < 1.29 is 4.59 Å². The standard InChI is InChI=1S/C14H23N2/c1-14(2,3)13(15-16(4,5)6)12-10-8-7-9-11-12/h7-11H,1-6H3/q+1/b15-13-. The molecular weight excluding hydrogens is 196 g/mol. The summed E-state index contributed by atoms with van der Waals surface area (Å²) < 4.78 is 0.599. The summed E-state index contributed by atoms with van der Waals surface area (Å²) in [6.07, 6.45) is 0. The fourth-order valence-corrected chi connectivity index (χ4v) is 1.54. The van der Waals surface area contributed by atoms with E-state index in [4.69, 9.17) is 5.10 Å². The van der Waals surface area contributed by atoms with Crippen LogP contribution in [-0.2, 0) is 0 Å². The number of benzene rings is 1. The third-order valence-corrected chi connectivity index (χ3v) is 2.16. The molecule has 0 bridgehead atoms. The van der Waals surface area contributed by atoms with Gasteiger partial charge in [0.1, 0.15) is 5.71 Å². The molecule has 2 heteroatoms. The number of rotatable bonds is 2. The highest BCUT2D eigenvalue weighted by Crippen LogP contribution is 2.23. The molecule has 0 aliphatic rings. The van der Waals surface area contributed by atoms with E-state index in [1.54, 1.807) is 0 Å². The van der Waals surface area contributed by atoms with Crippen LogP contribution < -0.4 is 0 Å². The fraction of sp³-hybridized carbons (Fsp3) is 0.500. The van der Waals surface area contributed by atoms with E-state index in [0.717, 1.165) is 5.71 Å². The van der Waals surface area contributed by atoms with Gasteiger partial charge in [0.25, 0.3) is 0 Å². The quantitative estimate of drug-likeness (QED) is 0.411. The average molecular weight is 219 g/mol. The molecule has 0 aromatic heterocycles. The van der Waals surface area contributed by atoms with Gasteiger partial charge in [-0.15, -0.1) is 0 Å². The molecule has 0 heterocycles. The highest BCUT2D eigenvalue weighted by Gasteiger charge is 2.24. The van der Waals surface area contributed by atoms with Gasteiger partial charge in [0.2, 0.25) is 0 Å². The SMILES string of the molecule is CC(C)(C)/C(=N\[N+](C)(C)C)c1ccccc1. The summed E-state index contributed by atoms with van der Waals surface area (Å²) in [5.74, 6) is 0. The topological polar surface area (TPSA) is 12.4 Å². The molecule has 0 saturated heterocycles. The van der Waals surface area contributed by atoms with Crippen LogP contribution >= 0.6 is 0 Å². The molecule has 0 aliphatic carbocycles. The van der Waals surface area contributed by atoms with Crippen LogP contribution in [-0.4, -0.2) is 31.4 Å². The van der Waals surface area contributed by atoms with E-state index in [-0.39, 0.29) is 5.41 Å². The van der Waals surface area contributed by atoms with E-state index < -0.39 is 0 Å². The second-order valence-electron chi connectivity index (χ2n) is 6.01. The van der Waals surface area contributed by atoms with Crippen LogP contribution in [0.2, 0.25) is 0 Å². The fourth-order valence-electron chi connectivity index (χ4n) is 1.54. The van der Waals surface area contributed by atoms with Crippen molar-refractivity contribution in [3.8, 4) is 0 Å². The van der Waals surface area contributed by atoms with E-state index in [1.165, 1.54) is 5.56 Å². The van der Waals surface area contributed by atoms with Gasteiger partial charge in [0, 0.05) is 11.0 Å². The Balaban J connectivity index is 3.24. The Morgan fingerprint density at radius 3 is 1.88 bits per heavy atom. The molecule has 2 nitrogen and oxygen atoms in total. The van der Waals surface area contributed by atoms with E-state index in [0.29, 0.717) is 4.59 Å². The summed E-state index contributed by atoms with van der Waals surface area (Å²) in [6, 6.07) is 10.4. The van der Waals surface area contributed by atoms with Crippen LogP contribution in [0.15, 0.2) is 35.4 Å². The number of nitrogens with zero attached hydrogens (tertiary/aromatic N) is 2. The summed E-state index contributed by atoms with van der Waals surface area (Å²) in [5.41, 5.74) is 2.43. The van der Waals surface area contributed by atoms with Crippen molar-refractivity contribution in [1.82, 2.24) is 0 Å². The van der Waals surface area contributed by atoms with Gasteiger partial charge in [-0.2, -0.15) is 0 Å². The van der Waals surface area contributed by atoms with Gasteiger partial charge in [-0.25, -0.2) is 4.59 Å². The van der Waals surface area contributed by atoms with Crippen LogP contribution in [0.5, 0.6) is 0 Å². The zero-order valence-corrected chi connectivity index (χ0v) is 11.3. The Labute approximate surface area is 99.2 Å². The van der Waals surface area contributed by atoms with E-state index in [1.807, 2.05) is 6.07 Å². The lowest BCUT2D eigenvalue weighted by Gasteiger charge is -2.25. The predicted molar refractivity (Wildman–Crippen MR) is 70.5 cm³/mol. The lowest BCUT2D eigenvalue weighted by Crippen LogP contribution is -2.33. The van der Waals surface area contributed by atoms with Crippen molar-refractivity contribution in [2.24, 2.45) is 10.5 Å². The maximum absolute atomic E-state index is 4.80. The zero-order chi connectivity index (χ0) is 12.4. The number of quaternary nitrogens is 1. The Bertz CT molecular complexity index is 364. The molecule has 0 amide bonds. The Morgan fingerprint density at radius 1 is 1.00 bits per heavy atom. The van der Waals surface area contributed by atoms with Crippen LogP contribution in [0.4, 0.5) is 0 Å². The third-order valence-electron chi connectivity index (χ3n) is 2.16. The van der Waals surface area contributed by atoms with Crippen molar-refractivity contribution in [2.45, 2.75) is 20.8 Å². The molecule has 88 valence electrons. The van der Waals surface area contributed by atoms with Gasteiger partial charge in [-0.05, 0) is 0 Å². The molecule has 0 radical (unpaired) electrons. The largest absolute Gasteiger partial charge is 0.205 e. The van der Waals surface area contributed by atoms with Gasteiger partial charge in [0.05, 0.1) is 21.1 Å². The first-order valence-corrected chi connectivity index (χ1v) is 5.68. The Morgan fingerprint density at radius 2 is 1.50 bits per heavy atom. The van der Waals surface area contributed by atoms with Gasteiger partial charge < -0.3 is 0 Å². The molecule has 0 unspecified atom stereocenters. The van der Waals surface area contributed by atoms with Crippen molar-refractivity contribution in [3.63, 3.8) is 0 Å². The van der Waals surface area contributed by atoms with Crippen LogP contribution in [0.1, 0.15) is 26.3 Å². The normalized spacial score (nSPS) is 14.0. The smallest absolute Gasteiger partial charge is 0.108 e. The first kappa shape index (κ1) is 12.9. The summed E-state index contributed by atoms with van der Waals surface area (Å²) >= 11 is 0. The minimum absolute atomic E-state index is 0.0624. The predicted octanol–water partition coefficient (Wildman–Crippen LogP) is 3.14. The van der Waals surface area contributed by atoms with Gasteiger partial charge >= 0.3 is 0 Å². The van der Waals surface area contributed by atoms with Crippen LogP contribution in [0.3, 0.4) is 0 Å². The second-order valence-corrected chi connectivity index (χ2v) is 6.01. The zero-order valence-electron chi connectivity index (χ0n) is 11.3. The van der Waals surface area contributed by atoms with Crippen molar-refractivity contribution >= 4 is 5.71 Å². The summed E-state index contributed by atoms with van der Waals surface area (Å²) in [7, 11) is 6.23. The Kier molecular flexibility index (Phi) is 3.54. The van der Waals surface area contributed by atoms with E-state index >= 15 is 0 Å². The van der Waals surface area contributed by atoms with Gasteiger partial charge in [0.15, 0.2) is 0 Å². The minimum Gasteiger partial charge on any atom is -0.205 e. The molecule has 0 saturated carbocycles. The molecule has 1 aromatic carbocycles. The lowest BCUT2D eigenvalue weighted by molar-refractivity contribution is -0.877. The molecule has 0 N–H and O–H groups in total. The first-order valence-electron chi connectivity index (χ1n) is 5.68. The van der Waals surface area contributed by atoms with Gasteiger partial charge in [-0.1, -0.05) is 56.2 Å². The minimum atomic E-state index is 0.0624. The molecule has 0 spiro atoms. The lowest BCUT2D eigenvalue weighted by atomic mass is 9.85. The second kappa shape index (κ2) is 4.38. The molecule has 1 aromatic rings. The number of hydrogen-bond donors (Lipinski definition) is 0. The monoisotopic (exact) mass is 219 g/mol. The van der Waals surface area contributed by atoms with Crippen LogP contribution in [0, 0.1) is 5.41 Å². The molecule has 0 atom stereocenters. The van der Waals surface area contributed by atoms with Crippen LogP contribution in [0.25, 0.3) is 0 Å². The maximum atomic E-state index is 4.80. The molecule has 0 aliphatic heterocycles. The van der Waals surface area contributed by atoms with Crippen molar-refractivity contribution in [1.29, 1.82) is 0 Å². The highest BCUT2D eigenvalue weighted by atomic mass is 15.6. The molecule has 1 rings (SSSR count). The summed E-state index contributed by atoms with van der Waals surface area (Å²) in [4.78, 5) is 0. The van der Waals surface area contributed by atoms with Gasteiger partial charge in [-0.3, -0.25) is 0 Å². The average Bonchev–Trinajstić information content (AvgIpc) is 2.13. The summed E-state index contributed by atoms with van der Waals surface area (Å²) in [5, 5.41) is 4.80. The van der Waals surface area contributed by atoms with Crippen molar-refractivity contribution in [2.75, 3.05) is 21.1 Å². The summed E-state index contributed by atoms with van der Waals surface area (Å²) in [6.45, 7) is 6.61. The number of hydrogen-bond acceptors (Lipinski definition) is 1. The highest BCUT2D eigenvalue weighted by molar-refractivity contribution is 6.03. The molecule has 0 fully saturated rings. The van der Waals surface area contributed by atoms with E-state index in [2.05, 4.69) is 66.2 Å².